The first kappa shape index (κ1) is 18.2. The maximum atomic E-state index is 11.6. The predicted octanol–water partition coefficient (Wildman–Crippen LogP) is 1.22. The van der Waals surface area contributed by atoms with E-state index < -0.39 is 0 Å². The second kappa shape index (κ2) is 11.8. The number of guanidine groups is 1. The smallest absolute Gasteiger partial charge is 0.250 e. The molecule has 22 heavy (non-hydrogen) atoms. The van der Waals surface area contributed by atoms with Gasteiger partial charge in [0.15, 0.2) is 5.96 Å². The van der Waals surface area contributed by atoms with Gasteiger partial charge in [-0.05, 0) is 32.8 Å². The van der Waals surface area contributed by atoms with Crippen molar-refractivity contribution in [1.29, 1.82) is 0 Å². The van der Waals surface area contributed by atoms with Crippen LogP contribution in [-0.4, -0.2) is 43.4 Å². The summed E-state index contributed by atoms with van der Waals surface area (Å²) in [5.74, 6) is 0.819. The number of aromatic nitrogens is 1. The summed E-state index contributed by atoms with van der Waals surface area (Å²) in [5, 5.41) is 6.44. The minimum atomic E-state index is 0.0527. The fraction of sp³-hybridized carbons (Fsp3) is 0.625. The number of aliphatic imine (C=N–C) groups is 1. The lowest BCUT2D eigenvalue weighted by molar-refractivity contribution is 0.152. The Labute approximate surface area is 132 Å². The zero-order chi connectivity index (χ0) is 16.0. The molecule has 1 aromatic rings. The van der Waals surface area contributed by atoms with Crippen LogP contribution in [-0.2, 0) is 11.3 Å². The lowest BCUT2D eigenvalue weighted by Crippen LogP contribution is -2.39. The molecule has 124 valence electrons. The van der Waals surface area contributed by atoms with Gasteiger partial charge in [-0.15, -0.1) is 0 Å². The minimum absolute atomic E-state index is 0.0527. The molecule has 1 rings (SSSR count). The Morgan fingerprint density at radius 3 is 2.86 bits per heavy atom. The van der Waals surface area contributed by atoms with Crippen molar-refractivity contribution < 1.29 is 4.74 Å². The van der Waals surface area contributed by atoms with Gasteiger partial charge in [0.05, 0.1) is 6.61 Å². The highest BCUT2D eigenvalue weighted by molar-refractivity contribution is 5.79. The van der Waals surface area contributed by atoms with Crippen LogP contribution in [0.25, 0.3) is 0 Å². The standard InChI is InChI=1S/C16H28N4O2/c1-3-17-16(19-11-14-22-4-2)18-10-6-8-13-20-12-7-5-9-15(20)21/h5,7,9,12H,3-4,6,8,10-11,13-14H2,1-2H3,(H2,17,18,19). The number of hydrogen-bond donors (Lipinski definition) is 2. The van der Waals surface area contributed by atoms with Gasteiger partial charge < -0.3 is 19.9 Å². The van der Waals surface area contributed by atoms with E-state index in [1.54, 1.807) is 16.7 Å². The summed E-state index contributed by atoms with van der Waals surface area (Å²) < 4.78 is 7.02. The molecular weight excluding hydrogens is 280 g/mol. The van der Waals surface area contributed by atoms with Crippen molar-refractivity contribution in [3.8, 4) is 0 Å². The predicted molar refractivity (Wildman–Crippen MR) is 90.4 cm³/mol. The van der Waals surface area contributed by atoms with E-state index in [-0.39, 0.29) is 5.56 Å². The second-order valence-corrected chi connectivity index (χ2v) is 4.82. The summed E-state index contributed by atoms with van der Waals surface area (Å²) >= 11 is 0. The number of aryl methyl sites for hydroxylation is 1. The van der Waals surface area contributed by atoms with Crippen LogP contribution in [0.3, 0.4) is 0 Å². The van der Waals surface area contributed by atoms with E-state index in [0.717, 1.165) is 51.6 Å². The first-order chi connectivity index (χ1) is 10.8. The van der Waals surface area contributed by atoms with E-state index in [0.29, 0.717) is 6.61 Å². The minimum Gasteiger partial charge on any atom is -0.380 e. The molecule has 2 N–H and O–H groups in total. The van der Waals surface area contributed by atoms with Gasteiger partial charge in [-0.2, -0.15) is 0 Å². The molecule has 6 nitrogen and oxygen atoms in total. The fourth-order valence-electron chi connectivity index (χ4n) is 1.96. The lowest BCUT2D eigenvalue weighted by Gasteiger charge is -2.11. The summed E-state index contributed by atoms with van der Waals surface area (Å²) in [4.78, 5) is 16.1. The van der Waals surface area contributed by atoms with E-state index in [4.69, 9.17) is 4.74 Å². The molecule has 0 spiro atoms. The van der Waals surface area contributed by atoms with Gasteiger partial charge in [0.25, 0.3) is 0 Å². The number of ether oxygens (including phenoxy) is 1. The third kappa shape index (κ3) is 7.83. The SMILES string of the molecule is CCNC(=NCCCCn1ccccc1=O)NCCOCC. The molecule has 0 saturated carbocycles. The van der Waals surface area contributed by atoms with Gasteiger partial charge in [0.1, 0.15) is 0 Å². The Bertz CT molecular complexity index is 485. The zero-order valence-electron chi connectivity index (χ0n) is 13.7. The van der Waals surface area contributed by atoms with Gasteiger partial charge >= 0.3 is 0 Å². The van der Waals surface area contributed by atoms with Gasteiger partial charge in [-0.1, -0.05) is 6.07 Å². The van der Waals surface area contributed by atoms with Crippen molar-refractivity contribution in [2.45, 2.75) is 33.2 Å². The number of unbranched alkanes of at least 4 members (excludes halogenated alkanes) is 1. The van der Waals surface area contributed by atoms with Crippen molar-refractivity contribution in [1.82, 2.24) is 15.2 Å². The molecule has 1 heterocycles. The number of nitrogens with zero attached hydrogens (tertiary/aromatic N) is 2. The molecule has 0 atom stereocenters. The van der Waals surface area contributed by atoms with Crippen molar-refractivity contribution in [2.75, 3.05) is 32.8 Å². The van der Waals surface area contributed by atoms with Crippen LogP contribution in [0, 0.1) is 0 Å². The van der Waals surface area contributed by atoms with Crippen molar-refractivity contribution in [2.24, 2.45) is 4.99 Å². The van der Waals surface area contributed by atoms with E-state index in [2.05, 4.69) is 15.6 Å². The molecule has 0 aliphatic rings. The monoisotopic (exact) mass is 308 g/mol. The topological polar surface area (TPSA) is 67.7 Å². The highest BCUT2D eigenvalue weighted by Gasteiger charge is 1.97. The second-order valence-electron chi connectivity index (χ2n) is 4.82. The first-order valence-electron chi connectivity index (χ1n) is 8.03. The fourth-order valence-corrected chi connectivity index (χ4v) is 1.96. The van der Waals surface area contributed by atoms with Crippen molar-refractivity contribution in [3.63, 3.8) is 0 Å². The summed E-state index contributed by atoms with van der Waals surface area (Å²) in [7, 11) is 0. The number of rotatable bonds is 10. The quantitative estimate of drug-likeness (QED) is 0.387. The van der Waals surface area contributed by atoms with E-state index in [1.165, 1.54) is 0 Å². The van der Waals surface area contributed by atoms with E-state index in [9.17, 15) is 4.79 Å². The Balaban J connectivity index is 2.25. The molecule has 0 aliphatic carbocycles. The number of pyridine rings is 1. The molecule has 0 fully saturated rings. The van der Waals surface area contributed by atoms with Crippen molar-refractivity contribution in [3.05, 3.63) is 34.7 Å². The average Bonchev–Trinajstić information content (AvgIpc) is 2.52. The molecular formula is C16H28N4O2. The number of nitrogens with one attached hydrogen (secondary N) is 2. The molecule has 1 aromatic heterocycles. The highest BCUT2D eigenvalue weighted by Crippen LogP contribution is 1.94. The summed E-state index contributed by atoms with van der Waals surface area (Å²) in [6.07, 6.45) is 3.71. The summed E-state index contributed by atoms with van der Waals surface area (Å²) in [5.41, 5.74) is 0.0527. The maximum absolute atomic E-state index is 11.6. The third-order valence-electron chi connectivity index (χ3n) is 3.06. The van der Waals surface area contributed by atoms with Gasteiger partial charge in [-0.3, -0.25) is 9.79 Å². The number of hydrogen-bond acceptors (Lipinski definition) is 3. The molecule has 0 amide bonds. The third-order valence-corrected chi connectivity index (χ3v) is 3.06. The molecule has 0 radical (unpaired) electrons. The average molecular weight is 308 g/mol. The highest BCUT2D eigenvalue weighted by atomic mass is 16.5. The Kier molecular flexibility index (Phi) is 9.78. The normalized spacial score (nSPS) is 11.5. The van der Waals surface area contributed by atoms with Gasteiger partial charge in [-0.25, -0.2) is 0 Å². The molecule has 0 saturated heterocycles. The Hall–Kier alpha value is -1.82. The van der Waals surface area contributed by atoms with Crippen LogP contribution in [0.4, 0.5) is 0 Å². The molecule has 0 aromatic carbocycles. The van der Waals surface area contributed by atoms with Gasteiger partial charge in [0, 0.05) is 45.0 Å². The van der Waals surface area contributed by atoms with Crippen LogP contribution in [0.1, 0.15) is 26.7 Å². The van der Waals surface area contributed by atoms with Crippen LogP contribution >= 0.6 is 0 Å². The van der Waals surface area contributed by atoms with Gasteiger partial charge in [0.2, 0.25) is 5.56 Å². The lowest BCUT2D eigenvalue weighted by atomic mass is 10.3. The molecule has 6 heteroatoms. The Morgan fingerprint density at radius 2 is 2.14 bits per heavy atom. The van der Waals surface area contributed by atoms with E-state index in [1.807, 2.05) is 26.1 Å². The zero-order valence-corrected chi connectivity index (χ0v) is 13.7. The first-order valence-corrected chi connectivity index (χ1v) is 8.03. The Morgan fingerprint density at radius 1 is 1.27 bits per heavy atom. The van der Waals surface area contributed by atoms with Crippen LogP contribution < -0.4 is 16.2 Å². The maximum Gasteiger partial charge on any atom is 0.250 e. The van der Waals surface area contributed by atoms with E-state index >= 15 is 0 Å². The van der Waals surface area contributed by atoms with Crippen LogP contribution in [0.2, 0.25) is 0 Å². The molecule has 0 bridgehead atoms. The van der Waals surface area contributed by atoms with Crippen LogP contribution in [0.5, 0.6) is 0 Å². The summed E-state index contributed by atoms with van der Waals surface area (Å²) in [6, 6.07) is 5.23. The largest absolute Gasteiger partial charge is 0.380 e. The van der Waals surface area contributed by atoms with Crippen LogP contribution in [0.15, 0.2) is 34.2 Å². The summed E-state index contributed by atoms with van der Waals surface area (Å²) in [6.45, 7) is 8.50. The molecule has 0 aliphatic heterocycles. The molecule has 0 unspecified atom stereocenters. The van der Waals surface area contributed by atoms with Crippen molar-refractivity contribution >= 4 is 5.96 Å².